The quantitative estimate of drug-likeness (QED) is 0.783. The van der Waals surface area contributed by atoms with E-state index in [-0.39, 0.29) is 0 Å². The lowest BCUT2D eigenvalue weighted by molar-refractivity contribution is -0.139. The summed E-state index contributed by atoms with van der Waals surface area (Å²) in [6.07, 6.45) is 5.44. The molecule has 6 heteroatoms. The maximum absolute atomic E-state index is 12.3. The van der Waals surface area contributed by atoms with E-state index in [1.165, 1.54) is 0 Å². The summed E-state index contributed by atoms with van der Waals surface area (Å²) in [7, 11) is -3.76. The van der Waals surface area contributed by atoms with Gasteiger partial charge in [0, 0.05) is 0 Å². The van der Waals surface area contributed by atoms with Crippen molar-refractivity contribution < 1.29 is 22.5 Å². The number of carboxylic acids is 1. The van der Waals surface area contributed by atoms with Gasteiger partial charge < -0.3 is 5.11 Å². The fraction of sp³-hybridized carbons (Fsp3) is 0.917. The average Bonchev–Trinajstić information content (AvgIpc) is 2.24. The molecule has 4 bridgehead atoms. The Morgan fingerprint density at radius 1 is 1.11 bits per heavy atom. The van der Waals surface area contributed by atoms with Crippen LogP contribution in [0.1, 0.15) is 38.5 Å². The fourth-order valence-corrected chi connectivity index (χ4v) is 6.42. The van der Waals surface area contributed by atoms with Gasteiger partial charge in [0.25, 0.3) is 10.1 Å². The Morgan fingerprint density at radius 3 is 1.94 bits per heavy atom. The number of hydrogen-bond acceptors (Lipinski definition) is 4. The van der Waals surface area contributed by atoms with Crippen molar-refractivity contribution in [1.82, 2.24) is 0 Å². The third-order valence-corrected chi connectivity index (χ3v) is 6.84. The molecule has 0 amide bonds. The molecule has 0 aromatic carbocycles. The summed E-state index contributed by atoms with van der Waals surface area (Å²) in [4.78, 5) is 10.5. The summed E-state index contributed by atoms with van der Waals surface area (Å²) < 4.78 is 28.6. The molecule has 4 aliphatic rings. The summed E-state index contributed by atoms with van der Waals surface area (Å²) >= 11 is 0. The van der Waals surface area contributed by atoms with E-state index >= 15 is 0 Å². The molecule has 5 nitrogen and oxygen atoms in total. The van der Waals surface area contributed by atoms with Crippen molar-refractivity contribution in [2.45, 2.75) is 43.3 Å². The minimum Gasteiger partial charge on any atom is -0.479 e. The molecule has 0 spiro atoms. The number of aliphatic carboxylic acids is 1. The topological polar surface area (TPSA) is 80.7 Å². The van der Waals surface area contributed by atoms with Crippen molar-refractivity contribution in [1.29, 1.82) is 0 Å². The van der Waals surface area contributed by atoms with E-state index in [1.54, 1.807) is 0 Å². The first-order valence-corrected chi connectivity index (χ1v) is 7.92. The van der Waals surface area contributed by atoms with Crippen molar-refractivity contribution in [3.8, 4) is 0 Å². The van der Waals surface area contributed by atoms with E-state index in [9.17, 15) is 13.2 Å². The lowest BCUT2D eigenvalue weighted by Gasteiger charge is -2.55. The second-order valence-electron chi connectivity index (χ2n) is 6.21. The molecule has 4 aliphatic carbocycles. The first-order chi connectivity index (χ1) is 8.40. The molecule has 4 rings (SSSR count). The molecule has 0 saturated heterocycles. The van der Waals surface area contributed by atoms with Gasteiger partial charge >= 0.3 is 5.97 Å². The van der Waals surface area contributed by atoms with Crippen LogP contribution in [-0.2, 0) is 19.1 Å². The van der Waals surface area contributed by atoms with Gasteiger partial charge in [-0.25, -0.2) is 4.79 Å². The summed E-state index contributed by atoms with van der Waals surface area (Å²) in [6, 6.07) is 0. The van der Waals surface area contributed by atoms with Gasteiger partial charge in [0.05, 0.1) is 4.75 Å². The van der Waals surface area contributed by atoms with E-state index in [1.807, 2.05) is 0 Å². The standard InChI is InChI=1S/C12H18O5S/c13-11(14)7-17-18(15,16)12-4-8-1-9(5-12)3-10(2-8)6-12/h8-10H,1-7H2,(H,13,14). The second kappa shape index (κ2) is 3.93. The number of hydrogen-bond donors (Lipinski definition) is 1. The highest BCUT2D eigenvalue weighted by Gasteiger charge is 2.58. The largest absolute Gasteiger partial charge is 0.479 e. The van der Waals surface area contributed by atoms with Gasteiger partial charge in [-0.2, -0.15) is 8.42 Å². The highest BCUT2D eigenvalue weighted by Crippen LogP contribution is 2.58. The van der Waals surface area contributed by atoms with E-state index < -0.39 is 27.4 Å². The van der Waals surface area contributed by atoms with E-state index in [4.69, 9.17) is 9.29 Å². The summed E-state index contributed by atoms with van der Waals surface area (Å²) in [6.45, 7) is -0.746. The molecule has 18 heavy (non-hydrogen) atoms. The number of rotatable bonds is 4. The van der Waals surface area contributed by atoms with Crippen LogP contribution in [0.2, 0.25) is 0 Å². The maximum Gasteiger partial charge on any atom is 0.331 e. The minimum absolute atomic E-state index is 0.499. The lowest BCUT2D eigenvalue weighted by atomic mass is 9.56. The molecule has 0 heterocycles. The Labute approximate surface area is 107 Å². The van der Waals surface area contributed by atoms with Crippen LogP contribution in [0.15, 0.2) is 0 Å². The molecule has 4 fully saturated rings. The monoisotopic (exact) mass is 274 g/mol. The van der Waals surface area contributed by atoms with Crippen LogP contribution in [0, 0.1) is 17.8 Å². The van der Waals surface area contributed by atoms with Crippen LogP contribution >= 0.6 is 0 Å². The molecule has 0 aliphatic heterocycles. The average molecular weight is 274 g/mol. The molecular weight excluding hydrogens is 256 g/mol. The highest BCUT2D eigenvalue weighted by atomic mass is 32.2. The van der Waals surface area contributed by atoms with Crippen molar-refractivity contribution in [3.63, 3.8) is 0 Å². The van der Waals surface area contributed by atoms with Crippen molar-refractivity contribution >= 4 is 16.1 Å². The zero-order valence-corrected chi connectivity index (χ0v) is 11.0. The van der Waals surface area contributed by atoms with Gasteiger partial charge in [-0.1, -0.05) is 0 Å². The van der Waals surface area contributed by atoms with Gasteiger partial charge in [0.1, 0.15) is 0 Å². The van der Waals surface area contributed by atoms with E-state index in [0.717, 1.165) is 19.3 Å². The highest BCUT2D eigenvalue weighted by molar-refractivity contribution is 7.88. The Balaban J connectivity index is 1.84. The number of carbonyl (C=O) groups is 1. The zero-order chi connectivity index (χ0) is 13.0. The number of carboxylic acid groups (broad SMARTS) is 1. The molecule has 0 unspecified atom stereocenters. The van der Waals surface area contributed by atoms with Crippen LogP contribution in [0.5, 0.6) is 0 Å². The van der Waals surface area contributed by atoms with Gasteiger partial charge in [0.2, 0.25) is 0 Å². The third-order valence-electron chi connectivity index (χ3n) is 4.85. The molecule has 0 radical (unpaired) electrons. The molecule has 4 saturated carbocycles. The molecule has 0 atom stereocenters. The van der Waals surface area contributed by atoms with Crippen molar-refractivity contribution in [2.75, 3.05) is 6.61 Å². The van der Waals surface area contributed by atoms with Crippen LogP contribution in [0.25, 0.3) is 0 Å². The molecular formula is C12H18O5S. The Kier molecular flexibility index (Phi) is 2.71. The first kappa shape index (κ1) is 12.4. The van der Waals surface area contributed by atoms with Crippen LogP contribution in [-0.4, -0.2) is 30.8 Å². The van der Waals surface area contributed by atoms with Gasteiger partial charge in [0.15, 0.2) is 6.61 Å². The fourth-order valence-electron chi connectivity index (χ4n) is 4.59. The Morgan fingerprint density at radius 2 is 1.56 bits per heavy atom. The predicted octanol–water partition coefficient (Wildman–Crippen LogP) is 1.39. The molecule has 102 valence electrons. The van der Waals surface area contributed by atoms with Crippen LogP contribution in [0.4, 0.5) is 0 Å². The first-order valence-electron chi connectivity index (χ1n) is 6.51. The second-order valence-corrected chi connectivity index (χ2v) is 8.22. The summed E-state index contributed by atoms with van der Waals surface area (Å²) in [5.74, 6) is 0.265. The minimum atomic E-state index is -3.76. The third kappa shape index (κ3) is 1.86. The van der Waals surface area contributed by atoms with Gasteiger partial charge in [-0.3, -0.25) is 4.18 Å². The van der Waals surface area contributed by atoms with Gasteiger partial charge in [-0.05, 0) is 56.3 Å². The van der Waals surface area contributed by atoms with Crippen LogP contribution < -0.4 is 0 Å². The predicted molar refractivity (Wildman–Crippen MR) is 63.4 cm³/mol. The lowest BCUT2D eigenvalue weighted by Crippen LogP contribution is -2.55. The summed E-state index contributed by atoms with van der Waals surface area (Å²) in [5.41, 5.74) is 0. The summed E-state index contributed by atoms with van der Waals surface area (Å²) in [5, 5.41) is 8.57. The molecule has 0 aromatic rings. The molecule has 0 aromatic heterocycles. The zero-order valence-electron chi connectivity index (χ0n) is 10.2. The van der Waals surface area contributed by atoms with Gasteiger partial charge in [-0.15, -0.1) is 0 Å². The van der Waals surface area contributed by atoms with Crippen molar-refractivity contribution in [3.05, 3.63) is 0 Å². The maximum atomic E-state index is 12.3. The van der Waals surface area contributed by atoms with Crippen LogP contribution in [0.3, 0.4) is 0 Å². The molecule has 1 N–H and O–H groups in total. The Hall–Kier alpha value is -0.620. The SMILES string of the molecule is O=C(O)COS(=O)(=O)C12CC3CC(CC(C3)C1)C2. The smallest absolute Gasteiger partial charge is 0.331 e. The Bertz CT molecular complexity index is 432. The van der Waals surface area contributed by atoms with E-state index in [2.05, 4.69) is 0 Å². The van der Waals surface area contributed by atoms with Crippen molar-refractivity contribution in [2.24, 2.45) is 17.8 Å². The van der Waals surface area contributed by atoms with E-state index in [0.29, 0.717) is 37.0 Å². The normalized spacial score (nSPS) is 42.1.